The number of rotatable bonds is 4. The lowest BCUT2D eigenvalue weighted by Gasteiger charge is -2.18. The van der Waals surface area contributed by atoms with Crippen LogP contribution in [-0.4, -0.2) is 0 Å². The van der Waals surface area contributed by atoms with Gasteiger partial charge in [-0.2, -0.15) is 0 Å². The lowest BCUT2D eigenvalue weighted by Crippen LogP contribution is -1.91. The summed E-state index contributed by atoms with van der Waals surface area (Å²) in [5.41, 5.74) is 9.99. The molecule has 0 aromatic heterocycles. The van der Waals surface area contributed by atoms with Crippen molar-refractivity contribution in [1.29, 1.82) is 0 Å². The molecule has 0 atom stereocenters. The van der Waals surface area contributed by atoms with Crippen molar-refractivity contribution < 1.29 is 0 Å². The first kappa shape index (κ1) is 22.3. The Morgan fingerprint density at radius 3 is 0.868 bits per heavy atom. The van der Waals surface area contributed by atoms with Gasteiger partial charge in [-0.15, -0.1) is 0 Å². The molecule has 0 saturated heterocycles. The summed E-state index contributed by atoms with van der Waals surface area (Å²) in [5.74, 6) is 0. The molecular weight excluding hydrogens is 456 g/mol. The van der Waals surface area contributed by atoms with E-state index < -0.39 is 0 Å². The van der Waals surface area contributed by atoms with E-state index in [0.29, 0.717) is 0 Å². The van der Waals surface area contributed by atoms with Crippen molar-refractivity contribution in [2.45, 2.75) is 0 Å². The molecule has 0 aliphatic rings. The zero-order valence-corrected chi connectivity index (χ0v) is 21.0. The van der Waals surface area contributed by atoms with Crippen LogP contribution >= 0.6 is 0 Å². The number of hydrogen-bond donors (Lipinski definition) is 0. The summed E-state index contributed by atoms with van der Waals surface area (Å²) in [4.78, 5) is 0. The van der Waals surface area contributed by atoms with E-state index in [-0.39, 0.29) is 0 Å². The highest BCUT2D eigenvalue weighted by molar-refractivity contribution is 6.21. The van der Waals surface area contributed by atoms with E-state index in [1.54, 1.807) is 0 Å². The largest absolute Gasteiger partial charge is 0.0622 e. The van der Waals surface area contributed by atoms with Gasteiger partial charge < -0.3 is 0 Å². The van der Waals surface area contributed by atoms with Gasteiger partial charge in [-0.1, -0.05) is 146 Å². The second-order valence-electron chi connectivity index (χ2n) is 9.73. The molecule has 0 saturated carbocycles. The molecule has 0 heterocycles. The monoisotopic (exact) mass is 482 g/mol. The standard InChI is InChI=1S/C38H26/c1-3-13-27(14-4-1)29-17-11-19-31(25-29)37-33-21-7-9-23-35(33)38(36-24-10-8-22-34(36)37)32-20-12-18-30(26-32)28-15-5-2-6-16-28/h1-26H. The third-order valence-electron chi connectivity index (χ3n) is 7.45. The van der Waals surface area contributed by atoms with Crippen LogP contribution in [-0.2, 0) is 0 Å². The van der Waals surface area contributed by atoms with Crippen molar-refractivity contribution in [3.8, 4) is 44.5 Å². The second-order valence-corrected chi connectivity index (χ2v) is 9.73. The molecule has 0 bridgehead atoms. The van der Waals surface area contributed by atoms with Crippen molar-refractivity contribution in [2.75, 3.05) is 0 Å². The first-order chi connectivity index (χ1) is 18.9. The normalized spacial score (nSPS) is 11.2. The van der Waals surface area contributed by atoms with E-state index in [1.165, 1.54) is 66.1 Å². The summed E-state index contributed by atoms with van der Waals surface area (Å²) in [6.45, 7) is 0. The Morgan fingerprint density at radius 2 is 0.500 bits per heavy atom. The molecule has 0 unspecified atom stereocenters. The van der Waals surface area contributed by atoms with Crippen LogP contribution in [0.4, 0.5) is 0 Å². The molecule has 0 fully saturated rings. The summed E-state index contributed by atoms with van der Waals surface area (Å²) in [6, 6.07) is 56.9. The Labute approximate surface area is 223 Å². The first-order valence-corrected chi connectivity index (χ1v) is 13.1. The topological polar surface area (TPSA) is 0 Å². The van der Waals surface area contributed by atoms with Crippen LogP contribution < -0.4 is 0 Å². The van der Waals surface area contributed by atoms with E-state index in [0.717, 1.165) is 0 Å². The second kappa shape index (κ2) is 9.50. The van der Waals surface area contributed by atoms with E-state index in [1.807, 2.05) is 0 Å². The molecule has 0 radical (unpaired) electrons. The van der Waals surface area contributed by atoms with Crippen molar-refractivity contribution >= 4 is 21.5 Å². The van der Waals surface area contributed by atoms with Gasteiger partial charge in [0.1, 0.15) is 0 Å². The highest BCUT2D eigenvalue weighted by Crippen LogP contribution is 2.44. The summed E-state index contributed by atoms with van der Waals surface area (Å²) in [7, 11) is 0. The minimum atomic E-state index is 1.23. The quantitative estimate of drug-likeness (QED) is 0.219. The van der Waals surface area contributed by atoms with Crippen LogP contribution in [0.5, 0.6) is 0 Å². The zero-order chi connectivity index (χ0) is 25.3. The Balaban J connectivity index is 1.51. The number of fused-ring (bicyclic) bond motifs is 2. The lowest BCUT2D eigenvalue weighted by molar-refractivity contribution is 1.60. The molecule has 7 rings (SSSR count). The molecular formula is C38H26. The first-order valence-electron chi connectivity index (χ1n) is 13.1. The fourth-order valence-corrected chi connectivity index (χ4v) is 5.72. The van der Waals surface area contributed by atoms with Gasteiger partial charge in [0, 0.05) is 0 Å². The van der Waals surface area contributed by atoms with E-state index in [2.05, 4.69) is 158 Å². The van der Waals surface area contributed by atoms with Gasteiger partial charge >= 0.3 is 0 Å². The van der Waals surface area contributed by atoms with Crippen LogP contribution in [0.2, 0.25) is 0 Å². The third-order valence-corrected chi connectivity index (χ3v) is 7.45. The Kier molecular flexibility index (Phi) is 5.57. The van der Waals surface area contributed by atoms with Gasteiger partial charge in [0.2, 0.25) is 0 Å². The van der Waals surface area contributed by atoms with Gasteiger partial charge in [-0.3, -0.25) is 0 Å². The van der Waals surface area contributed by atoms with Gasteiger partial charge in [0.05, 0.1) is 0 Å². The maximum absolute atomic E-state index is 2.33. The summed E-state index contributed by atoms with van der Waals surface area (Å²) >= 11 is 0. The van der Waals surface area contributed by atoms with Crippen LogP contribution in [0.25, 0.3) is 66.1 Å². The summed E-state index contributed by atoms with van der Waals surface area (Å²) < 4.78 is 0. The lowest BCUT2D eigenvalue weighted by atomic mass is 9.85. The number of benzene rings is 7. The molecule has 0 spiro atoms. The van der Waals surface area contributed by atoms with Crippen LogP contribution in [0.1, 0.15) is 0 Å². The minimum Gasteiger partial charge on any atom is -0.0622 e. The maximum atomic E-state index is 2.33. The molecule has 7 aromatic rings. The molecule has 0 amide bonds. The predicted molar refractivity (Wildman–Crippen MR) is 163 cm³/mol. The Hall–Kier alpha value is -4.94. The molecule has 0 aliphatic heterocycles. The molecule has 0 nitrogen and oxygen atoms in total. The van der Waals surface area contributed by atoms with Crippen molar-refractivity contribution in [2.24, 2.45) is 0 Å². The van der Waals surface area contributed by atoms with Crippen molar-refractivity contribution in [3.63, 3.8) is 0 Å². The summed E-state index contributed by atoms with van der Waals surface area (Å²) in [5, 5.41) is 5.10. The SMILES string of the molecule is c1ccc(-c2cccc(-c3c4ccccc4c(-c4cccc(-c5ccccc5)c4)c4ccccc34)c2)cc1. The Morgan fingerprint density at radius 1 is 0.211 bits per heavy atom. The maximum Gasteiger partial charge on any atom is -0.00262 e. The van der Waals surface area contributed by atoms with Gasteiger partial charge in [-0.05, 0) is 78.2 Å². The van der Waals surface area contributed by atoms with Crippen LogP contribution in [0.15, 0.2) is 158 Å². The van der Waals surface area contributed by atoms with E-state index in [9.17, 15) is 0 Å². The fraction of sp³-hybridized carbons (Fsp3) is 0. The summed E-state index contributed by atoms with van der Waals surface area (Å²) in [6.07, 6.45) is 0. The minimum absolute atomic E-state index is 1.23. The Bertz CT molecular complexity index is 1700. The highest BCUT2D eigenvalue weighted by atomic mass is 14.2. The van der Waals surface area contributed by atoms with Crippen molar-refractivity contribution in [3.05, 3.63) is 158 Å². The average Bonchev–Trinajstić information content (AvgIpc) is 3.01. The van der Waals surface area contributed by atoms with Crippen LogP contribution in [0.3, 0.4) is 0 Å². The molecule has 38 heavy (non-hydrogen) atoms. The fourth-order valence-electron chi connectivity index (χ4n) is 5.72. The molecule has 0 heteroatoms. The zero-order valence-electron chi connectivity index (χ0n) is 21.0. The van der Waals surface area contributed by atoms with Gasteiger partial charge in [0.15, 0.2) is 0 Å². The van der Waals surface area contributed by atoms with Crippen molar-refractivity contribution in [1.82, 2.24) is 0 Å². The molecule has 0 aliphatic carbocycles. The average molecular weight is 483 g/mol. The number of hydrogen-bond acceptors (Lipinski definition) is 0. The smallest absolute Gasteiger partial charge is 0.00262 e. The van der Waals surface area contributed by atoms with Crippen LogP contribution in [0, 0.1) is 0 Å². The molecule has 7 aromatic carbocycles. The highest BCUT2D eigenvalue weighted by Gasteiger charge is 2.17. The van der Waals surface area contributed by atoms with Gasteiger partial charge in [-0.25, -0.2) is 0 Å². The van der Waals surface area contributed by atoms with E-state index in [4.69, 9.17) is 0 Å². The van der Waals surface area contributed by atoms with Gasteiger partial charge in [0.25, 0.3) is 0 Å². The molecule has 0 N–H and O–H groups in total. The van der Waals surface area contributed by atoms with E-state index >= 15 is 0 Å². The predicted octanol–water partition coefficient (Wildman–Crippen LogP) is 10.7. The molecule has 178 valence electrons. The third kappa shape index (κ3) is 3.88.